The van der Waals surface area contributed by atoms with Gasteiger partial charge in [0.05, 0.1) is 30.7 Å². The fourth-order valence-corrected chi connectivity index (χ4v) is 4.40. The number of para-hydroxylation sites is 2. The number of rotatable bonds is 6. The van der Waals surface area contributed by atoms with Crippen LogP contribution in [0, 0.1) is 0 Å². The van der Waals surface area contributed by atoms with Crippen molar-refractivity contribution in [2.45, 2.75) is 6.92 Å². The van der Waals surface area contributed by atoms with Crippen molar-refractivity contribution in [1.82, 2.24) is 14.3 Å². The lowest BCUT2D eigenvalue weighted by molar-refractivity contribution is 0.0527. The first-order chi connectivity index (χ1) is 17.9. The molecule has 2 heterocycles. The molecule has 37 heavy (non-hydrogen) atoms. The molecule has 0 saturated carbocycles. The van der Waals surface area contributed by atoms with E-state index in [2.05, 4.69) is 10.4 Å². The smallest absolute Gasteiger partial charge is 0.340 e. The van der Waals surface area contributed by atoms with E-state index in [1.165, 1.54) is 4.68 Å². The monoisotopic (exact) mass is 496 g/mol. The minimum atomic E-state index is -0.569. The summed E-state index contributed by atoms with van der Waals surface area (Å²) in [6, 6.07) is 20.8. The summed E-state index contributed by atoms with van der Waals surface area (Å²) in [7, 11) is 3.33. The zero-order valence-electron chi connectivity index (χ0n) is 20.5. The number of nitrogens with zero attached hydrogens (tertiary/aromatic N) is 3. The highest BCUT2D eigenvalue weighted by Crippen LogP contribution is 2.29. The van der Waals surface area contributed by atoms with E-state index in [4.69, 9.17) is 9.47 Å². The molecule has 0 spiro atoms. The van der Waals surface area contributed by atoms with Gasteiger partial charge < -0.3 is 19.4 Å². The highest BCUT2D eigenvalue weighted by Gasteiger charge is 2.24. The maximum absolute atomic E-state index is 13.7. The first-order valence-corrected chi connectivity index (χ1v) is 11.7. The van der Waals surface area contributed by atoms with Gasteiger partial charge in [0, 0.05) is 23.3 Å². The Morgan fingerprint density at radius 1 is 0.973 bits per heavy atom. The third kappa shape index (κ3) is 4.10. The number of aromatic nitrogens is 3. The van der Waals surface area contributed by atoms with Crippen molar-refractivity contribution in [3.63, 3.8) is 0 Å². The number of carbonyl (C=O) groups is 2. The van der Waals surface area contributed by atoms with Gasteiger partial charge in [-0.2, -0.15) is 9.78 Å². The molecule has 0 saturated heterocycles. The molecular formula is C28H24N4O5. The van der Waals surface area contributed by atoms with Gasteiger partial charge in [-0.25, -0.2) is 4.79 Å². The summed E-state index contributed by atoms with van der Waals surface area (Å²) in [5.41, 5.74) is 1.75. The summed E-state index contributed by atoms with van der Waals surface area (Å²) < 4.78 is 13.3. The molecule has 2 aromatic heterocycles. The average molecular weight is 497 g/mol. The van der Waals surface area contributed by atoms with Crippen LogP contribution in [0.15, 0.2) is 77.6 Å². The number of hydrogen-bond donors (Lipinski definition) is 1. The van der Waals surface area contributed by atoms with Crippen molar-refractivity contribution >= 4 is 39.4 Å². The Kier molecular flexibility index (Phi) is 6.19. The Bertz CT molecular complexity index is 1720. The van der Waals surface area contributed by atoms with Crippen LogP contribution in [0.2, 0.25) is 0 Å². The molecule has 0 fully saturated rings. The second-order valence-electron chi connectivity index (χ2n) is 8.28. The number of hydrogen-bond acceptors (Lipinski definition) is 6. The van der Waals surface area contributed by atoms with Gasteiger partial charge >= 0.3 is 5.97 Å². The zero-order valence-corrected chi connectivity index (χ0v) is 20.5. The lowest BCUT2D eigenvalue weighted by Gasteiger charge is -2.13. The van der Waals surface area contributed by atoms with E-state index in [-0.39, 0.29) is 29.1 Å². The van der Waals surface area contributed by atoms with E-state index in [0.717, 1.165) is 10.9 Å². The van der Waals surface area contributed by atoms with Gasteiger partial charge in [0.15, 0.2) is 5.69 Å². The number of methoxy groups -OCH3 is 1. The van der Waals surface area contributed by atoms with Crippen LogP contribution in [0.1, 0.15) is 27.8 Å². The van der Waals surface area contributed by atoms with Crippen LogP contribution in [-0.2, 0) is 11.8 Å². The van der Waals surface area contributed by atoms with Gasteiger partial charge in [-0.1, -0.05) is 30.3 Å². The summed E-state index contributed by atoms with van der Waals surface area (Å²) in [5, 5.41) is 8.47. The molecule has 9 heteroatoms. The molecule has 0 atom stereocenters. The van der Waals surface area contributed by atoms with Crippen molar-refractivity contribution in [3.8, 4) is 11.4 Å². The van der Waals surface area contributed by atoms with Crippen molar-refractivity contribution in [2.24, 2.45) is 7.05 Å². The lowest BCUT2D eigenvalue weighted by Crippen LogP contribution is -2.27. The summed E-state index contributed by atoms with van der Waals surface area (Å²) >= 11 is 0. The molecule has 3 aromatic carbocycles. The third-order valence-corrected chi connectivity index (χ3v) is 6.14. The summed E-state index contributed by atoms with van der Waals surface area (Å²) in [6.07, 6.45) is 0. The molecule has 0 aliphatic rings. The number of ether oxygens (including phenoxy) is 2. The second-order valence-corrected chi connectivity index (χ2v) is 8.28. The lowest BCUT2D eigenvalue weighted by atomic mass is 10.1. The predicted molar refractivity (Wildman–Crippen MR) is 141 cm³/mol. The van der Waals surface area contributed by atoms with E-state index in [1.807, 2.05) is 24.3 Å². The molecule has 1 N–H and O–H groups in total. The van der Waals surface area contributed by atoms with Crippen molar-refractivity contribution in [3.05, 3.63) is 94.4 Å². The maximum Gasteiger partial charge on any atom is 0.340 e. The van der Waals surface area contributed by atoms with Crippen LogP contribution in [0.25, 0.3) is 27.5 Å². The van der Waals surface area contributed by atoms with Crippen molar-refractivity contribution in [1.29, 1.82) is 0 Å². The minimum absolute atomic E-state index is 0.0425. The minimum Gasteiger partial charge on any atom is -0.497 e. The molecule has 0 radical (unpaired) electrons. The molecular weight excluding hydrogens is 472 g/mol. The Labute approximate surface area is 211 Å². The molecule has 0 aliphatic heterocycles. The van der Waals surface area contributed by atoms with Crippen molar-refractivity contribution in [2.75, 3.05) is 19.0 Å². The molecule has 1 amide bonds. The summed E-state index contributed by atoms with van der Waals surface area (Å²) in [5.74, 6) is -0.499. The van der Waals surface area contributed by atoms with E-state index in [0.29, 0.717) is 22.3 Å². The number of fused-ring (bicyclic) bond motifs is 3. The van der Waals surface area contributed by atoms with Gasteiger partial charge in [0.25, 0.3) is 11.5 Å². The Morgan fingerprint density at radius 3 is 2.41 bits per heavy atom. The SMILES string of the molecule is CCOC(=O)c1ccccc1NC(=O)c1nn(-c2ccc(OC)cc2)c(=O)c2c1c1ccccc1n2C. The third-order valence-electron chi connectivity index (χ3n) is 6.14. The standard InChI is InChI=1S/C28H24N4O5/c1-4-37-28(35)19-9-5-7-11-21(19)29-26(33)24-23-20-10-6-8-12-22(20)31(2)25(23)27(34)32(30-24)17-13-15-18(36-3)16-14-17/h5-16H,4H2,1-3H3,(H,29,33). The fraction of sp³-hybridized carbons (Fsp3) is 0.143. The maximum atomic E-state index is 13.7. The van der Waals surface area contributed by atoms with E-state index in [9.17, 15) is 14.4 Å². The molecule has 5 aromatic rings. The molecule has 0 aliphatic carbocycles. The Balaban J connectivity index is 1.73. The van der Waals surface area contributed by atoms with Crippen LogP contribution >= 0.6 is 0 Å². The van der Waals surface area contributed by atoms with E-state index < -0.39 is 11.9 Å². The first-order valence-electron chi connectivity index (χ1n) is 11.7. The summed E-state index contributed by atoms with van der Waals surface area (Å²) in [6.45, 7) is 1.91. The normalized spacial score (nSPS) is 11.0. The second kappa shape index (κ2) is 9.62. The quantitative estimate of drug-likeness (QED) is 0.351. The zero-order chi connectivity index (χ0) is 26.1. The van der Waals surface area contributed by atoms with E-state index in [1.54, 1.807) is 74.2 Å². The molecule has 0 bridgehead atoms. The molecule has 186 valence electrons. The number of amides is 1. The van der Waals surface area contributed by atoms with Gasteiger partial charge in [-0.3, -0.25) is 9.59 Å². The number of benzene rings is 3. The Morgan fingerprint density at radius 2 is 1.68 bits per heavy atom. The number of esters is 1. The highest BCUT2D eigenvalue weighted by atomic mass is 16.5. The van der Waals surface area contributed by atoms with Gasteiger partial charge in [0.1, 0.15) is 11.3 Å². The van der Waals surface area contributed by atoms with Crippen LogP contribution in [0.4, 0.5) is 5.69 Å². The summed E-state index contributed by atoms with van der Waals surface area (Å²) in [4.78, 5) is 39.9. The van der Waals surface area contributed by atoms with Crippen LogP contribution in [0.5, 0.6) is 5.75 Å². The largest absolute Gasteiger partial charge is 0.497 e. The van der Waals surface area contributed by atoms with Crippen molar-refractivity contribution < 1.29 is 19.1 Å². The van der Waals surface area contributed by atoms with E-state index >= 15 is 0 Å². The van der Waals surface area contributed by atoms with Gasteiger partial charge in [-0.15, -0.1) is 0 Å². The topological polar surface area (TPSA) is 104 Å². The predicted octanol–water partition coefficient (Wildman–Crippen LogP) is 4.32. The van der Waals surface area contributed by atoms with Gasteiger partial charge in [0.2, 0.25) is 0 Å². The Hall–Kier alpha value is -4.92. The molecule has 0 unspecified atom stereocenters. The molecule has 9 nitrogen and oxygen atoms in total. The number of carbonyl (C=O) groups excluding carboxylic acids is 2. The number of anilines is 1. The number of aryl methyl sites for hydroxylation is 1. The number of nitrogens with one attached hydrogen (secondary N) is 1. The van der Waals surface area contributed by atoms with Crippen LogP contribution < -0.4 is 15.6 Å². The highest BCUT2D eigenvalue weighted by molar-refractivity contribution is 6.20. The molecule has 5 rings (SSSR count). The average Bonchev–Trinajstić information content (AvgIpc) is 3.22. The van der Waals surface area contributed by atoms with Crippen LogP contribution in [0.3, 0.4) is 0 Å². The first kappa shape index (κ1) is 23.8. The van der Waals surface area contributed by atoms with Crippen LogP contribution in [-0.4, -0.2) is 39.9 Å². The fourth-order valence-electron chi connectivity index (χ4n) is 4.40. The van der Waals surface area contributed by atoms with Gasteiger partial charge in [-0.05, 0) is 49.4 Å².